The van der Waals surface area contributed by atoms with Crippen LogP contribution in [0.15, 0.2) is 42.4 Å². The summed E-state index contributed by atoms with van der Waals surface area (Å²) in [6.07, 6.45) is 10.3. The molecule has 0 saturated carbocycles. The van der Waals surface area contributed by atoms with E-state index in [1.807, 2.05) is 22.5 Å². The van der Waals surface area contributed by atoms with E-state index in [1.165, 1.54) is 0 Å². The van der Waals surface area contributed by atoms with Gasteiger partial charge in [0.15, 0.2) is 0 Å². The molecule has 0 spiro atoms. The van der Waals surface area contributed by atoms with E-state index in [-0.39, 0.29) is 18.0 Å². The molecule has 0 aliphatic carbocycles. The van der Waals surface area contributed by atoms with Crippen molar-refractivity contribution in [3.63, 3.8) is 0 Å². The molecule has 3 aromatic heterocycles. The first kappa shape index (κ1) is 17.5. The van der Waals surface area contributed by atoms with Crippen LogP contribution in [0.2, 0.25) is 0 Å². The molecule has 5 heterocycles. The van der Waals surface area contributed by atoms with Crippen molar-refractivity contribution >= 4 is 17.2 Å². The maximum absolute atomic E-state index is 13.3. The summed E-state index contributed by atoms with van der Waals surface area (Å²) in [5.74, 6) is 0.387. The molecule has 0 radical (unpaired) electrons. The molecule has 4 unspecified atom stereocenters. The van der Waals surface area contributed by atoms with Crippen molar-refractivity contribution < 1.29 is 9.90 Å². The largest absolute Gasteiger partial charge is 0.383 e. The number of hydrogen-bond donors (Lipinski definition) is 2. The van der Waals surface area contributed by atoms with E-state index in [9.17, 15) is 9.90 Å². The third-order valence-corrected chi connectivity index (χ3v) is 7.05. The molecule has 2 fully saturated rings. The van der Waals surface area contributed by atoms with E-state index >= 15 is 0 Å². The quantitative estimate of drug-likeness (QED) is 0.711. The number of aliphatic hydroxyl groups is 1. The lowest BCUT2D eigenvalue weighted by Crippen LogP contribution is -2.52. The molecule has 28 heavy (non-hydrogen) atoms. The normalized spacial score (nSPS) is 29.2. The molecule has 1 amide bonds. The molecule has 3 aromatic rings. The number of piperidine rings is 1. The number of rotatable bonds is 3. The summed E-state index contributed by atoms with van der Waals surface area (Å²) in [6, 6.07) is 1.94. The Bertz CT molecular complexity index is 989. The number of thiophene rings is 1. The molecular formula is C20H21N5O2S. The van der Waals surface area contributed by atoms with Gasteiger partial charge in [0, 0.05) is 59.3 Å². The lowest BCUT2D eigenvalue weighted by molar-refractivity contribution is -0.0537. The number of fused-ring (bicyclic) bond motifs is 2. The molecule has 4 atom stereocenters. The lowest BCUT2D eigenvalue weighted by Gasteiger charge is -2.43. The maximum atomic E-state index is 13.3. The first-order valence-electron chi connectivity index (χ1n) is 9.44. The Morgan fingerprint density at radius 1 is 1.36 bits per heavy atom. The van der Waals surface area contributed by atoms with Crippen LogP contribution in [0.25, 0.3) is 10.4 Å². The summed E-state index contributed by atoms with van der Waals surface area (Å²) < 4.78 is 0. The van der Waals surface area contributed by atoms with Gasteiger partial charge in [-0.1, -0.05) is 6.92 Å². The van der Waals surface area contributed by atoms with Crippen molar-refractivity contribution in [1.29, 1.82) is 0 Å². The standard InChI is InChI=1S/C20H21N5O2S/c1-12-4-15-6-20(27,18-10-21-2-3-22-18)7-16(12)25(15)19(26)13-5-17(28-11-13)14-8-23-24-9-14/h2-3,5,8-12,15-16,27H,4,6-7H2,1H3,(H,23,24). The van der Waals surface area contributed by atoms with E-state index < -0.39 is 5.60 Å². The molecule has 2 N–H and O–H groups in total. The molecule has 2 bridgehead atoms. The molecule has 0 aromatic carbocycles. The molecule has 5 rings (SSSR count). The smallest absolute Gasteiger partial charge is 0.255 e. The zero-order chi connectivity index (χ0) is 19.3. The predicted molar refractivity (Wildman–Crippen MR) is 105 cm³/mol. The van der Waals surface area contributed by atoms with Crippen LogP contribution >= 0.6 is 11.3 Å². The van der Waals surface area contributed by atoms with E-state index in [0.29, 0.717) is 30.0 Å². The number of carbonyl (C=O) groups excluding carboxylic acids is 1. The number of aromatic nitrogens is 4. The van der Waals surface area contributed by atoms with Crippen LogP contribution in [0.3, 0.4) is 0 Å². The third-order valence-electron chi connectivity index (χ3n) is 6.08. The summed E-state index contributed by atoms with van der Waals surface area (Å²) in [5, 5.41) is 20.0. The van der Waals surface area contributed by atoms with E-state index in [1.54, 1.807) is 36.1 Å². The van der Waals surface area contributed by atoms with Crippen LogP contribution in [0.4, 0.5) is 0 Å². The Labute approximate surface area is 166 Å². The fourth-order valence-corrected chi connectivity index (χ4v) is 5.61. The fraction of sp³-hybridized carbons (Fsp3) is 0.400. The second kappa shape index (κ2) is 6.49. The van der Waals surface area contributed by atoms with Crippen molar-refractivity contribution in [3.05, 3.63) is 53.7 Å². The van der Waals surface area contributed by atoms with Crippen LogP contribution in [-0.2, 0) is 5.60 Å². The molecule has 2 aliphatic heterocycles. The third kappa shape index (κ3) is 2.75. The van der Waals surface area contributed by atoms with Gasteiger partial charge in [0.2, 0.25) is 0 Å². The van der Waals surface area contributed by atoms with E-state index in [4.69, 9.17) is 0 Å². The highest BCUT2D eigenvalue weighted by atomic mass is 32.1. The van der Waals surface area contributed by atoms with Gasteiger partial charge in [0.25, 0.3) is 5.91 Å². The summed E-state index contributed by atoms with van der Waals surface area (Å²) in [7, 11) is 0. The van der Waals surface area contributed by atoms with Gasteiger partial charge < -0.3 is 10.0 Å². The second-order valence-electron chi connectivity index (χ2n) is 7.86. The predicted octanol–water partition coefficient (Wildman–Crippen LogP) is 2.83. The maximum Gasteiger partial charge on any atom is 0.255 e. The van der Waals surface area contributed by atoms with Crippen molar-refractivity contribution in [2.75, 3.05) is 0 Å². The minimum atomic E-state index is -1.03. The molecule has 8 heteroatoms. The average molecular weight is 395 g/mol. The Morgan fingerprint density at radius 3 is 2.96 bits per heavy atom. The van der Waals surface area contributed by atoms with Gasteiger partial charge in [-0.2, -0.15) is 5.10 Å². The molecule has 7 nitrogen and oxygen atoms in total. The van der Waals surface area contributed by atoms with Gasteiger partial charge in [-0.05, 0) is 18.4 Å². The van der Waals surface area contributed by atoms with Crippen LogP contribution in [0, 0.1) is 5.92 Å². The fourth-order valence-electron chi connectivity index (χ4n) is 4.74. The first-order valence-corrected chi connectivity index (χ1v) is 10.3. The number of nitrogens with one attached hydrogen (secondary N) is 1. The van der Waals surface area contributed by atoms with Gasteiger partial charge >= 0.3 is 0 Å². The number of amides is 1. The van der Waals surface area contributed by atoms with Gasteiger partial charge in [-0.25, -0.2) is 0 Å². The molecular weight excluding hydrogens is 374 g/mol. The molecule has 2 aliphatic rings. The Morgan fingerprint density at radius 2 is 2.25 bits per heavy atom. The van der Waals surface area contributed by atoms with Gasteiger partial charge in [0.1, 0.15) is 5.60 Å². The number of aromatic amines is 1. The van der Waals surface area contributed by atoms with Crippen LogP contribution in [0.5, 0.6) is 0 Å². The topological polar surface area (TPSA) is 95.0 Å². The average Bonchev–Trinajstić information content (AvgIpc) is 3.42. The van der Waals surface area contributed by atoms with Gasteiger partial charge in [-0.3, -0.25) is 19.9 Å². The Kier molecular flexibility index (Phi) is 4.06. The van der Waals surface area contributed by atoms with E-state index in [0.717, 1.165) is 16.9 Å². The van der Waals surface area contributed by atoms with Gasteiger partial charge in [0.05, 0.1) is 23.7 Å². The highest BCUT2D eigenvalue weighted by Gasteiger charge is 2.53. The van der Waals surface area contributed by atoms with Crippen molar-refractivity contribution in [2.24, 2.45) is 5.92 Å². The van der Waals surface area contributed by atoms with Crippen LogP contribution in [-0.4, -0.2) is 48.2 Å². The van der Waals surface area contributed by atoms with E-state index in [2.05, 4.69) is 27.1 Å². The zero-order valence-electron chi connectivity index (χ0n) is 15.4. The number of carbonyl (C=O) groups is 1. The lowest BCUT2D eigenvalue weighted by atomic mass is 9.82. The van der Waals surface area contributed by atoms with Crippen LogP contribution < -0.4 is 0 Å². The van der Waals surface area contributed by atoms with Crippen molar-refractivity contribution in [1.82, 2.24) is 25.1 Å². The Hall–Kier alpha value is -2.58. The highest BCUT2D eigenvalue weighted by molar-refractivity contribution is 7.13. The van der Waals surface area contributed by atoms with Crippen molar-refractivity contribution in [3.8, 4) is 10.4 Å². The van der Waals surface area contributed by atoms with Crippen molar-refractivity contribution in [2.45, 2.75) is 43.9 Å². The highest BCUT2D eigenvalue weighted by Crippen LogP contribution is 2.48. The van der Waals surface area contributed by atoms with Gasteiger partial charge in [-0.15, -0.1) is 11.3 Å². The monoisotopic (exact) mass is 395 g/mol. The SMILES string of the molecule is CC1CC2CC(O)(c3cnccn3)CC1N2C(=O)c1csc(-c2cn[nH]c2)c1. The molecule has 144 valence electrons. The van der Waals surface area contributed by atoms with Crippen LogP contribution in [0.1, 0.15) is 42.2 Å². The zero-order valence-corrected chi connectivity index (χ0v) is 16.3. The summed E-state index contributed by atoms with van der Waals surface area (Å²) in [5.41, 5.74) is 1.26. The number of nitrogens with zero attached hydrogens (tertiary/aromatic N) is 4. The summed E-state index contributed by atoms with van der Waals surface area (Å²) in [4.78, 5) is 24.8. The first-order chi connectivity index (χ1) is 13.5. The number of hydrogen-bond acceptors (Lipinski definition) is 6. The minimum Gasteiger partial charge on any atom is -0.383 e. The second-order valence-corrected chi connectivity index (χ2v) is 8.77. The molecule has 2 saturated heterocycles. The summed E-state index contributed by atoms with van der Waals surface area (Å²) >= 11 is 1.54. The minimum absolute atomic E-state index is 0.00414. The Balaban J connectivity index is 1.42. The summed E-state index contributed by atoms with van der Waals surface area (Å²) in [6.45, 7) is 2.16. The number of H-pyrrole nitrogens is 1.